The summed E-state index contributed by atoms with van der Waals surface area (Å²) in [5, 5.41) is 0. The molecule has 2 N–H and O–H groups in total. The maximum Gasteiger partial charge on any atom is 0.191 e. The van der Waals surface area contributed by atoms with Crippen molar-refractivity contribution in [3.63, 3.8) is 0 Å². The number of guanidine groups is 1. The van der Waals surface area contributed by atoms with Gasteiger partial charge in [-0.1, -0.05) is 6.92 Å². The van der Waals surface area contributed by atoms with E-state index in [1.54, 1.807) is 12.5 Å². The SMILES string of the molecule is CC1CCN(C(N)=NCCn2ccnc2)CC1.I. The average molecular weight is 363 g/mol. The van der Waals surface area contributed by atoms with Crippen molar-refractivity contribution in [3.05, 3.63) is 18.7 Å². The van der Waals surface area contributed by atoms with Crippen LogP contribution in [0, 0.1) is 5.92 Å². The van der Waals surface area contributed by atoms with E-state index < -0.39 is 0 Å². The summed E-state index contributed by atoms with van der Waals surface area (Å²) in [4.78, 5) is 10.6. The predicted molar refractivity (Wildman–Crippen MR) is 84.1 cm³/mol. The van der Waals surface area contributed by atoms with Crippen molar-refractivity contribution in [1.82, 2.24) is 14.5 Å². The van der Waals surface area contributed by atoms with E-state index >= 15 is 0 Å². The zero-order valence-electron chi connectivity index (χ0n) is 10.8. The van der Waals surface area contributed by atoms with E-state index in [4.69, 9.17) is 5.73 Å². The molecule has 2 rings (SSSR count). The number of likely N-dealkylation sites (tertiary alicyclic amines) is 1. The standard InChI is InChI=1S/C12H21N5.HI/c1-11-2-6-17(7-3-11)12(13)15-5-9-16-8-4-14-10-16;/h4,8,10-11H,2-3,5-7,9H2,1H3,(H2,13,15);1H. The third-order valence-electron chi connectivity index (χ3n) is 3.30. The molecule has 0 atom stereocenters. The molecule has 1 aliphatic heterocycles. The van der Waals surface area contributed by atoms with E-state index in [-0.39, 0.29) is 24.0 Å². The fourth-order valence-corrected chi connectivity index (χ4v) is 2.04. The van der Waals surface area contributed by atoms with Crippen molar-refractivity contribution in [2.75, 3.05) is 19.6 Å². The number of piperidine rings is 1. The summed E-state index contributed by atoms with van der Waals surface area (Å²) in [6.45, 7) is 5.94. The lowest BCUT2D eigenvalue weighted by molar-refractivity contribution is 0.277. The largest absolute Gasteiger partial charge is 0.370 e. The first-order valence-electron chi connectivity index (χ1n) is 6.26. The van der Waals surface area contributed by atoms with Crippen molar-refractivity contribution in [3.8, 4) is 0 Å². The van der Waals surface area contributed by atoms with Gasteiger partial charge in [-0.2, -0.15) is 0 Å². The maximum absolute atomic E-state index is 5.98. The van der Waals surface area contributed by atoms with Crippen molar-refractivity contribution in [1.29, 1.82) is 0 Å². The topological polar surface area (TPSA) is 59.4 Å². The van der Waals surface area contributed by atoms with Gasteiger partial charge in [0.15, 0.2) is 5.96 Å². The number of nitrogens with zero attached hydrogens (tertiary/aromatic N) is 4. The lowest BCUT2D eigenvalue weighted by atomic mass is 10.00. The Kier molecular flexibility index (Phi) is 6.45. The van der Waals surface area contributed by atoms with Gasteiger partial charge in [0.25, 0.3) is 0 Å². The molecule has 1 saturated heterocycles. The van der Waals surface area contributed by atoms with E-state index in [2.05, 4.69) is 21.8 Å². The summed E-state index contributed by atoms with van der Waals surface area (Å²) in [7, 11) is 0. The fraction of sp³-hybridized carbons (Fsp3) is 0.667. The molecule has 5 nitrogen and oxygen atoms in total. The smallest absolute Gasteiger partial charge is 0.191 e. The third kappa shape index (κ3) is 4.47. The molecule has 0 aliphatic carbocycles. The van der Waals surface area contributed by atoms with Crippen LogP contribution in [0.5, 0.6) is 0 Å². The van der Waals surface area contributed by atoms with Gasteiger partial charge in [0.2, 0.25) is 0 Å². The zero-order chi connectivity index (χ0) is 12.1. The van der Waals surface area contributed by atoms with Crippen LogP contribution >= 0.6 is 24.0 Å². The minimum Gasteiger partial charge on any atom is -0.370 e. The molecule has 1 aromatic rings. The lowest BCUT2D eigenvalue weighted by Crippen LogP contribution is -2.42. The van der Waals surface area contributed by atoms with Crippen LogP contribution in [0.2, 0.25) is 0 Å². The van der Waals surface area contributed by atoms with Crippen molar-refractivity contribution >= 4 is 29.9 Å². The van der Waals surface area contributed by atoms with Gasteiger partial charge in [-0.15, -0.1) is 24.0 Å². The molecule has 1 fully saturated rings. The first kappa shape index (κ1) is 15.3. The highest BCUT2D eigenvalue weighted by molar-refractivity contribution is 14.0. The molecular weight excluding hydrogens is 341 g/mol. The summed E-state index contributed by atoms with van der Waals surface area (Å²) in [5.74, 6) is 1.52. The summed E-state index contributed by atoms with van der Waals surface area (Å²) in [5.41, 5.74) is 5.98. The Morgan fingerprint density at radius 1 is 1.44 bits per heavy atom. The quantitative estimate of drug-likeness (QED) is 0.504. The molecule has 1 aliphatic rings. The molecule has 0 spiro atoms. The van der Waals surface area contributed by atoms with E-state index in [9.17, 15) is 0 Å². The normalized spacial score (nSPS) is 17.6. The van der Waals surface area contributed by atoms with E-state index in [1.807, 2.05) is 10.8 Å². The fourth-order valence-electron chi connectivity index (χ4n) is 2.04. The molecule has 0 bridgehead atoms. The predicted octanol–water partition coefficient (Wildman–Crippen LogP) is 1.55. The number of nitrogens with two attached hydrogens (primary N) is 1. The summed E-state index contributed by atoms with van der Waals surface area (Å²) in [6.07, 6.45) is 7.96. The molecule has 18 heavy (non-hydrogen) atoms. The highest BCUT2D eigenvalue weighted by atomic mass is 127. The minimum absolute atomic E-state index is 0. The van der Waals surface area contributed by atoms with Crippen molar-refractivity contribution < 1.29 is 0 Å². The Hall–Kier alpha value is -0.790. The van der Waals surface area contributed by atoms with E-state index in [0.29, 0.717) is 12.5 Å². The van der Waals surface area contributed by atoms with E-state index in [1.165, 1.54) is 12.8 Å². The van der Waals surface area contributed by atoms with Gasteiger partial charge in [-0.3, -0.25) is 4.99 Å². The molecule has 0 amide bonds. The van der Waals surface area contributed by atoms with E-state index in [0.717, 1.165) is 25.6 Å². The summed E-state index contributed by atoms with van der Waals surface area (Å²) >= 11 is 0. The zero-order valence-corrected chi connectivity index (χ0v) is 13.2. The Bertz CT molecular complexity index is 355. The average Bonchev–Trinajstić information content (AvgIpc) is 2.83. The number of hydrogen-bond acceptors (Lipinski definition) is 2. The van der Waals surface area contributed by atoms with Crippen LogP contribution in [-0.4, -0.2) is 40.0 Å². The van der Waals surface area contributed by atoms with Crippen molar-refractivity contribution in [2.24, 2.45) is 16.6 Å². The van der Waals surface area contributed by atoms with Crippen LogP contribution in [-0.2, 0) is 6.54 Å². The van der Waals surface area contributed by atoms with Crippen LogP contribution in [0.3, 0.4) is 0 Å². The molecule has 0 unspecified atom stereocenters. The molecule has 0 radical (unpaired) electrons. The van der Waals surface area contributed by atoms with Crippen LogP contribution < -0.4 is 5.73 Å². The van der Waals surface area contributed by atoms with Crippen LogP contribution in [0.1, 0.15) is 19.8 Å². The highest BCUT2D eigenvalue weighted by Crippen LogP contribution is 2.15. The molecule has 0 saturated carbocycles. The number of aliphatic imine (C=N–C) groups is 1. The minimum atomic E-state index is 0. The highest BCUT2D eigenvalue weighted by Gasteiger charge is 2.16. The third-order valence-corrected chi connectivity index (χ3v) is 3.30. The Morgan fingerprint density at radius 2 is 2.17 bits per heavy atom. The summed E-state index contributed by atoms with van der Waals surface area (Å²) in [6, 6.07) is 0. The van der Waals surface area contributed by atoms with Crippen LogP contribution in [0.15, 0.2) is 23.7 Å². The molecular formula is C12H22IN5. The molecule has 6 heteroatoms. The Morgan fingerprint density at radius 3 is 2.78 bits per heavy atom. The van der Waals surface area contributed by atoms with Crippen LogP contribution in [0.4, 0.5) is 0 Å². The second kappa shape index (κ2) is 7.60. The first-order valence-corrected chi connectivity index (χ1v) is 6.26. The second-order valence-electron chi connectivity index (χ2n) is 4.71. The maximum atomic E-state index is 5.98. The lowest BCUT2D eigenvalue weighted by Gasteiger charge is -2.31. The summed E-state index contributed by atoms with van der Waals surface area (Å²) < 4.78 is 2.01. The number of imidazole rings is 1. The molecule has 102 valence electrons. The first-order chi connectivity index (χ1) is 8.25. The van der Waals surface area contributed by atoms with Crippen LogP contribution in [0.25, 0.3) is 0 Å². The number of aromatic nitrogens is 2. The number of rotatable bonds is 3. The van der Waals surface area contributed by atoms with Crippen molar-refractivity contribution in [2.45, 2.75) is 26.3 Å². The molecule has 0 aromatic carbocycles. The van der Waals surface area contributed by atoms with Gasteiger partial charge < -0.3 is 15.2 Å². The molecule has 2 heterocycles. The monoisotopic (exact) mass is 363 g/mol. The Balaban J connectivity index is 0.00000162. The molecule has 1 aromatic heterocycles. The van der Waals surface area contributed by atoms with Gasteiger partial charge in [0.1, 0.15) is 0 Å². The van der Waals surface area contributed by atoms with Gasteiger partial charge in [0, 0.05) is 32.0 Å². The van der Waals surface area contributed by atoms with Gasteiger partial charge in [-0.25, -0.2) is 4.98 Å². The van der Waals surface area contributed by atoms with Gasteiger partial charge in [-0.05, 0) is 18.8 Å². The van der Waals surface area contributed by atoms with Gasteiger partial charge in [0.05, 0.1) is 12.9 Å². The number of halogens is 1. The Labute approximate surface area is 125 Å². The van der Waals surface area contributed by atoms with Gasteiger partial charge >= 0.3 is 0 Å². The second-order valence-corrected chi connectivity index (χ2v) is 4.71. The number of hydrogen-bond donors (Lipinski definition) is 1.